The normalized spacial score (nSPS) is 20.6. The molecule has 90 valence electrons. The molecule has 0 aliphatic heterocycles. The molecule has 1 fully saturated rings. The average Bonchev–Trinajstić information content (AvgIpc) is 2.90. The van der Waals surface area contributed by atoms with Gasteiger partial charge in [-0.2, -0.15) is 0 Å². The first-order valence-corrected chi connectivity index (χ1v) is 6.00. The molecule has 1 saturated carbocycles. The number of rotatable bonds is 8. The van der Waals surface area contributed by atoms with Crippen molar-refractivity contribution in [2.45, 2.75) is 32.7 Å². The van der Waals surface area contributed by atoms with E-state index in [0.717, 1.165) is 26.3 Å². The molecule has 1 N–H and O–H groups in total. The molecule has 0 aromatic rings. The first kappa shape index (κ1) is 12.9. The van der Waals surface area contributed by atoms with Gasteiger partial charge in [0.25, 0.3) is 0 Å². The Morgan fingerprint density at radius 3 is 2.53 bits per heavy atom. The van der Waals surface area contributed by atoms with E-state index < -0.39 is 0 Å². The predicted molar refractivity (Wildman–Crippen MR) is 64.2 cm³/mol. The van der Waals surface area contributed by atoms with Crippen molar-refractivity contribution < 1.29 is 4.74 Å². The molecule has 0 radical (unpaired) electrons. The van der Waals surface area contributed by atoms with Gasteiger partial charge in [-0.3, -0.25) is 0 Å². The first-order valence-electron chi connectivity index (χ1n) is 6.00. The van der Waals surface area contributed by atoms with E-state index >= 15 is 0 Å². The molecule has 1 atom stereocenters. The fourth-order valence-electron chi connectivity index (χ4n) is 1.57. The molecule has 0 bridgehead atoms. The smallest absolute Gasteiger partial charge is 0.0593 e. The second-order valence-electron chi connectivity index (χ2n) is 5.25. The summed E-state index contributed by atoms with van der Waals surface area (Å²) in [5.41, 5.74) is 0.573. The van der Waals surface area contributed by atoms with Gasteiger partial charge in [-0.15, -0.1) is 0 Å². The number of nitrogens with one attached hydrogen (secondary N) is 1. The van der Waals surface area contributed by atoms with Gasteiger partial charge >= 0.3 is 0 Å². The monoisotopic (exact) mass is 214 g/mol. The maximum atomic E-state index is 5.52. The Morgan fingerprint density at radius 1 is 1.33 bits per heavy atom. The summed E-state index contributed by atoms with van der Waals surface area (Å²) in [4.78, 5) is 2.14. The summed E-state index contributed by atoms with van der Waals surface area (Å²) in [6.45, 7) is 8.29. The highest BCUT2D eigenvalue weighted by Gasteiger charge is 2.41. The minimum atomic E-state index is 0.573. The quantitative estimate of drug-likeness (QED) is 0.617. The number of nitrogens with zero attached hydrogens (tertiary/aromatic N) is 1. The highest BCUT2D eigenvalue weighted by atomic mass is 16.5. The summed E-state index contributed by atoms with van der Waals surface area (Å²) < 4.78 is 5.52. The van der Waals surface area contributed by atoms with Crippen LogP contribution in [0.15, 0.2) is 0 Å². The van der Waals surface area contributed by atoms with Crippen LogP contribution in [-0.4, -0.2) is 51.3 Å². The lowest BCUT2D eigenvalue weighted by Crippen LogP contribution is -2.35. The van der Waals surface area contributed by atoms with E-state index in [4.69, 9.17) is 4.74 Å². The zero-order chi connectivity index (χ0) is 11.3. The van der Waals surface area contributed by atoms with Crippen LogP contribution in [0.25, 0.3) is 0 Å². The van der Waals surface area contributed by atoms with Crippen molar-refractivity contribution >= 4 is 0 Å². The molecule has 1 aliphatic carbocycles. The fourth-order valence-corrected chi connectivity index (χ4v) is 1.57. The van der Waals surface area contributed by atoms with Crippen molar-refractivity contribution in [2.75, 3.05) is 40.4 Å². The summed E-state index contributed by atoms with van der Waals surface area (Å²) in [6.07, 6.45) is 2.76. The van der Waals surface area contributed by atoms with Gasteiger partial charge in [-0.05, 0) is 39.3 Å². The largest absolute Gasteiger partial charge is 0.379 e. The molecule has 0 aromatic carbocycles. The molecular weight excluding hydrogens is 188 g/mol. The minimum Gasteiger partial charge on any atom is -0.379 e. The van der Waals surface area contributed by atoms with E-state index in [2.05, 4.69) is 38.2 Å². The van der Waals surface area contributed by atoms with Crippen molar-refractivity contribution in [1.82, 2.24) is 10.2 Å². The molecule has 1 rings (SSSR count). The molecule has 3 nitrogen and oxygen atoms in total. The molecular formula is C12H26N2O. The predicted octanol–water partition coefficient (Wildman–Crippen LogP) is 1.34. The standard InChI is InChI=1S/C12H26N2O/c1-11(12(2)5-6-12)13-7-9-15-10-8-14(3)4/h11,13H,5-10H2,1-4H3. The third kappa shape index (κ3) is 4.96. The van der Waals surface area contributed by atoms with Crippen molar-refractivity contribution in [3.8, 4) is 0 Å². The summed E-state index contributed by atoms with van der Waals surface area (Å²) in [7, 11) is 4.13. The average molecular weight is 214 g/mol. The molecule has 0 spiro atoms. The third-order valence-corrected chi connectivity index (χ3v) is 3.46. The third-order valence-electron chi connectivity index (χ3n) is 3.46. The Bertz CT molecular complexity index is 178. The highest BCUT2D eigenvalue weighted by Crippen LogP contribution is 2.47. The molecule has 3 heteroatoms. The molecule has 0 aromatic heterocycles. The Labute approximate surface area is 94.2 Å². The van der Waals surface area contributed by atoms with Crippen LogP contribution in [0.3, 0.4) is 0 Å². The topological polar surface area (TPSA) is 24.5 Å². The molecule has 0 heterocycles. The van der Waals surface area contributed by atoms with E-state index in [-0.39, 0.29) is 0 Å². The Balaban J connectivity index is 1.88. The van der Waals surface area contributed by atoms with E-state index in [0.29, 0.717) is 11.5 Å². The van der Waals surface area contributed by atoms with Crippen LogP contribution in [-0.2, 0) is 4.74 Å². The summed E-state index contributed by atoms with van der Waals surface area (Å²) >= 11 is 0. The van der Waals surface area contributed by atoms with Gasteiger partial charge in [0.05, 0.1) is 13.2 Å². The van der Waals surface area contributed by atoms with Crippen LogP contribution >= 0.6 is 0 Å². The molecule has 0 saturated heterocycles. The van der Waals surface area contributed by atoms with Gasteiger partial charge in [0.1, 0.15) is 0 Å². The first-order chi connectivity index (χ1) is 7.04. The molecule has 15 heavy (non-hydrogen) atoms. The maximum Gasteiger partial charge on any atom is 0.0593 e. The zero-order valence-electron chi connectivity index (χ0n) is 10.7. The van der Waals surface area contributed by atoms with Gasteiger partial charge in [0.2, 0.25) is 0 Å². The van der Waals surface area contributed by atoms with Crippen molar-refractivity contribution in [1.29, 1.82) is 0 Å². The second-order valence-corrected chi connectivity index (χ2v) is 5.25. The van der Waals surface area contributed by atoms with Gasteiger partial charge < -0.3 is 15.0 Å². The van der Waals surface area contributed by atoms with Crippen LogP contribution in [0.2, 0.25) is 0 Å². The van der Waals surface area contributed by atoms with Gasteiger partial charge in [0, 0.05) is 19.1 Å². The number of ether oxygens (including phenoxy) is 1. The summed E-state index contributed by atoms with van der Waals surface area (Å²) in [5.74, 6) is 0. The SMILES string of the molecule is CC(NCCOCCN(C)C)C1(C)CC1. The second kappa shape index (κ2) is 5.83. The molecule has 0 amide bonds. The van der Waals surface area contributed by atoms with Crippen molar-refractivity contribution in [3.05, 3.63) is 0 Å². The maximum absolute atomic E-state index is 5.52. The van der Waals surface area contributed by atoms with Crippen LogP contribution in [0.4, 0.5) is 0 Å². The van der Waals surface area contributed by atoms with E-state index in [9.17, 15) is 0 Å². The van der Waals surface area contributed by atoms with Crippen molar-refractivity contribution in [2.24, 2.45) is 5.41 Å². The van der Waals surface area contributed by atoms with Crippen LogP contribution in [0.1, 0.15) is 26.7 Å². The lowest BCUT2D eigenvalue weighted by molar-refractivity contribution is 0.116. The minimum absolute atomic E-state index is 0.573. The van der Waals surface area contributed by atoms with Crippen LogP contribution < -0.4 is 5.32 Å². The lowest BCUT2D eigenvalue weighted by Gasteiger charge is -2.20. The van der Waals surface area contributed by atoms with Gasteiger partial charge in [-0.1, -0.05) is 6.92 Å². The lowest BCUT2D eigenvalue weighted by atomic mass is 10.0. The van der Waals surface area contributed by atoms with E-state index in [1.165, 1.54) is 12.8 Å². The Hall–Kier alpha value is -0.120. The molecule has 1 unspecified atom stereocenters. The number of likely N-dealkylation sites (N-methyl/N-ethyl adjacent to an activating group) is 1. The van der Waals surface area contributed by atoms with Crippen LogP contribution in [0, 0.1) is 5.41 Å². The van der Waals surface area contributed by atoms with Crippen molar-refractivity contribution in [3.63, 3.8) is 0 Å². The van der Waals surface area contributed by atoms with Crippen LogP contribution in [0.5, 0.6) is 0 Å². The molecule has 1 aliphatic rings. The van der Waals surface area contributed by atoms with Gasteiger partial charge in [0.15, 0.2) is 0 Å². The summed E-state index contributed by atoms with van der Waals surface area (Å²) in [6, 6.07) is 0.634. The highest BCUT2D eigenvalue weighted by molar-refractivity contribution is 4.96. The number of hydrogen-bond donors (Lipinski definition) is 1. The Kier molecular flexibility index (Phi) is 5.03. The van der Waals surface area contributed by atoms with E-state index in [1.807, 2.05) is 0 Å². The zero-order valence-corrected chi connectivity index (χ0v) is 10.7. The van der Waals surface area contributed by atoms with E-state index in [1.54, 1.807) is 0 Å². The van der Waals surface area contributed by atoms with Gasteiger partial charge in [-0.25, -0.2) is 0 Å². The Morgan fingerprint density at radius 2 is 2.00 bits per heavy atom. The fraction of sp³-hybridized carbons (Fsp3) is 1.00. The number of hydrogen-bond acceptors (Lipinski definition) is 3. The summed E-state index contributed by atoms with van der Waals surface area (Å²) in [5, 5.41) is 3.53.